The highest BCUT2D eigenvalue weighted by Gasteiger charge is 2.13. The summed E-state index contributed by atoms with van der Waals surface area (Å²) in [6.07, 6.45) is 20.8. The van der Waals surface area contributed by atoms with Crippen molar-refractivity contribution in [2.45, 2.75) is 89.9 Å². The lowest BCUT2D eigenvalue weighted by Crippen LogP contribution is -2.25. The standard InChI is InChI=1S/C18H35N.ClH/c1-4-10-17(11-5-1)12-8-3-9-15-19-16-18-13-6-2-7-14-18;/h17-19H,1-16H2;1H. The van der Waals surface area contributed by atoms with Gasteiger partial charge in [0.2, 0.25) is 0 Å². The van der Waals surface area contributed by atoms with Crippen molar-refractivity contribution in [3.63, 3.8) is 0 Å². The molecule has 2 aliphatic rings. The predicted molar refractivity (Wildman–Crippen MR) is 91.7 cm³/mol. The maximum atomic E-state index is 3.69. The minimum Gasteiger partial charge on any atom is -0.316 e. The maximum Gasteiger partial charge on any atom is -0.00205 e. The van der Waals surface area contributed by atoms with Crippen LogP contribution in [0, 0.1) is 11.8 Å². The van der Waals surface area contributed by atoms with E-state index >= 15 is 0 Å². The van der Waals surface area contributed by atoms with Gasteiger partial charge in [-0.3, -0.25) is 0 Å². The molecule has 0 aromatic heterocycles. The highest BCUT2D eigenvalue weighted by Crippen LogP contribution is 2.27. The molecule has 0 bridgehead atoms. The molecule has 0 radical (unpaired) electrons. The number of nitrogens with one attached hydrogen (secondary N) is 1. The third-order valence-corrected chi connectivity index (χ3v) is 5.35. The first kappa shape index (κ1) is 18.3. The van der Waals surface area contributed by atoms with Gasteiger partial charge in [-0.15, -0.1) is 12.4 Å². The second kappa shape index (κ2) is 11.9. The van der Waals surface area contributed by atoms with Crippen LogP contribution < -0.4 is 5.32 Å². The molecule has 0 amide bonds. The molecule has 0 spiro atoms. The molecule has 120 valence electrons. The Balaban J connectivity index is 0.00000200. The number of unbranched alkanes of at least 4 members (excludes halogenated alkanes) is 2. The summed E-state index contributed by atoms with van der Waals surface area (Å²) in [4.78, 5) is 0. The Labute approximate surface area is 133 Å². The summed E-state index contributed by atoms with van der Waals surface area (Å²) in [7, 11) is 0. The zero-order valence-corrected chi connectivity index (χ0v) is 14.2. The fraction of sp³-hybridized carbons (Fsp3) is 1.00. The van der Waals surface area contributed by atoms with Gasteiger partial charge in [0.1, 0.15) is 0 Å². The molecule has 1 nitrogen and oxygen atoms in total. The zero-order valence-electron chi connectivity index (χ0n) is 13.4. The van der Waals surface area contributed by atoms with E-state index in [0.717, 1.165) is 11.8 Å². The van der Waals surface area contributed by atoms with Crippen molar-refractivity contribution >= 4 is 12.4 Å². The molecule has 0 saturated heterocycles. The van der Waals surface area contributed by atoms with Gasteiger partial charge in [0.15, 0.2) is 0 Å². The van der Waals surface area contributed by atoms with E-state index in [1.54, 1.807) is 0 Å². The van der Waals surface area contributed by atoms with Crippen molar-refractivity contribution in [2.75, 3.05) is 13.1 Å². The molecule has 0 aliphatic heterocycles. The van der Waals surface area contributed by atoms with Crippen molar-refractivity contribution in [3.05, 3.63) is 0 Å². The lowest BCUT2D eigenvalue weighted by Gasteiger charge is -2.22. The van der Waals surface area contributed by atoms with E-state index in [9.17, 15) is 0 Å². The molecule has 0 heterocycles. The fourth-order valence-corrected chi connectivity index (χ4v) is 4.03. The number of hydrogen-bond donors (Lipinski definition) is 1. The largest absolute Gasteiger partial charge is 0.316 e. The van der Waals surface area contributed by atoms with Crippen molar-refractivity contribution in [1.82, 2.24) is 5.32 Å². The van der Waals surface area contributed by atoms with Crippen molar-refractivity contribution in [1.29, 1.82) is 0 Å². The summed E-state index contributed by atoms with van der Waals surface area (Å²) >= 11 is 0. The minimum absolute atomic E-state index is 0. The highest BCUT2D eigenvalue weighted by molar-refractivity contribution is 5.85. The molecule has 0 atom stereocenters. The molecule has 2 aliphatic carbocycles. The van der Waals surface area contributed by atoms with Crippen LogP contribution in [0.2, 0.25) is 0 Å². The lowest BCUT2D eigenvalue weighted by atomic mass is 9.85. The van der Waals surface area contributed by atoms with E-state index in [-0.39, 0.29) is 12.4 Å². The van der Waals surface area contributed by atoms with E-state index in [1.807, 2.05) is 0 Å². The minimum atomic E-state index is 0. The van der Waals surface area contributed by atoms with Crippen molar-refractivity contribution < 1.29 is 0 Å². The van der Waals surface area contributed by atoms with Crippen LogP contribution in [0.5, 0.6) is 0 Å². The Kier molecular flexibility index (Phi) is 10.9. The Hall–Kier alpha value is 0.250. The van der Waals surface area contributed by atoms with Crippen LogP contribution in [-0.4, -0.2) is 13.1 Å². The average molecular weight is 302 g/mol. The Morgan fingerprint density at radius 1 is 0.650 bits per heavy atom. The van der Waals surface area contributed by atoms with Gasteiger partial charge in [-0.05, 0) is 44.2 Å². The van der Waals surface area contributed by atoms with Crippen LogP contribution in [0.15, 0.2) is 0 Å². The summed E-state index contributed by atoms with van der Waals surface area (Å²) in [5.74, 6) is 2.08. The average Bonchev–Trinajstić information content (AvgIpc) is 2.48. The second-order valence-electron chi connectivity index (χ2n) is 7.06. The van der Waals surface area contributed by atoms with Crippen LogP contribution in [0.1, 0.15) is 89.9 Å². The van der Waals surface area contributed by atoms with Crippen molar-refractivity contribution in [2.24, 2.45) is 11.8 Å². The van der Waals surface area contributed by atoms with Gasteiger partial charge in [0, 0.05) is 0 Å². The van der Waals surface area contributed by atoms with Gasteiger partial charge >= 0.3 is 0 Å². The molecule has 2 saturated carbocycles. The van der Waals surface area contributed by atoms with Gasteiger partial charge in [-0.25, -0.2) is 0 Å². The van der Waals surface area contributed by atoms with E-state index < -0.39 is 0 Å². The second-order valence-corrected chi connectivity index (χ2v) is 7.06. The molecule has 0 aromatic carbocycles. The lowest BCUT2D eigenvalue weighted by molar-refractivity contribution is 0.325. The molecule has 2 rings (SSSR count). The Bertz CT molecular complexity index is 185. The smallest absolute Gasteiger partial charge is 0.00205 e. The zero-order chi connectivity index (χ0) is 13.2. The van der Waals surface area contributed by atoms with Gasteiger partial charge in [-0.2, -0.15) is 0 Å². The first-order valence-electron chi connectivity index (χ1n) is 9.16. The molecule has 20 heavy (non-hydrogen) atoms. The molecule has 0 unspecified atom stereocenters. The number of hydrogen-bond acceptors (Lipinski definition) is 1. The van der Waals surface area contributed by atoms with Gasteiger partial charge < -0.3 is 5.32 Å². The normalized spacial score (nSPS) is 21.6. The van der Waals surface area contributed by atoms with Gasteiger partial charge in [0.05, 0.1) is 0 Å². The van der Waals surface area contributed by atoms with Crippen LogP contribution in [0.4, 0.5) is 0 Å². The third-order valence-electron chi connectivity index (χ3n) is 5.35. The predicted octanol–water partition coefficient (Wildman–Crippen LogP) is 5.72. The molecule has 1 N–H and O–H groups in total. The van der Waals surface area contributed by atoms with Gasteiger partial charge in [0.25, 0.3) is 0 Å². The Morgan fingerprint density at radius 2 is 1.25 bits per heavy atom. The topological polar surface area (TPSA) is 12.0 Å². The summed E-state index contributed by atoms with van der Waals surface area (Å²) < 4.78 is 0. The summed E-state index contributed by atoms with van der Waals surface area (Å²) in [5.41, 5.74) is 0. The quantitative estimate of drug-likeness (QED) is 0.565. The first-order chi connectivity index (χ1) is 9.45. The molecule has 2 fully saturated rings. The van der Waals surface area contributed by atoms with Crippen molar-refractivity contribution in [3.8, 4) is 0 Å². The first-order valence-corrected chi connectivity index (χ1v) is 9.16. The summed E-state index contributed by atoms with van der Waals surface area (Å²) in [6, 6.07) is 0. The van der Waals surface area contributed by atoms with Crippen LogP contribution >= 0.6 is 12.4 Å². The molecular weight excluding hydrogens is 266 g/mol. The number of rotatable bonds is 8. The molecule has 2 heteroatoms. The Morgan fingerprint density at radius 3 is 1.90 bits per heavy atom. The SMILES string of the molecule is C(CCNCC1CCCCC1)CCC1CCCCC1.Cl. The van der Waals surface area contributed by atoms with Gasteiger partial charge in [-0.1, -0.05) is 70.6 Å². The van der Waals surface area contributed by atoms with E-state index in [4.69, 9.17) is 0 Å². The summed E-state index contributed by atoms with van der Waals surface area (Å²) in [6.45, 7) is 2.56. The fourth-order valence-electron chi connectivity index (χ4n) is 4.03. The highest BCUT2D eigenvalue weighted by atomic mass is 35.5. The maximum absolute atomic E-state index is 3.69. The van der Waals surface area contributed by atoms with E-state index in [1.165, 1.54) is 103 Å². The molecule has 0 aromatic rings. The summed E-state index contributed by atoms with van der Waals surface area (Å²) in [5, 5.41) is 3.69. The third kappa shape index (κ3) is 7.88. The van der Waals surface area contributed by atoms with Crippen LogP contribution in [-0.2, 0) is 0 Å². The van der Waals surface area contributed by atoms with E-state index in [0.29, 0.717) is 0 Å². The monoisotopic (exact) mass is 301 g/mol. The van der Waals surface area contributed by atoms with Crippen LogP contribution in [0.25, 0.3) is 0 Å². The molecular formula is C18H36ClN. The van der Waals surface area contributed by atoms with Crippen LogP contribution in [0.3, 0.4) is 0 Å². The number of halogens is 1. The van der Waals surface area contributed by atoms with E-state index in [2.05, 4.69) is 5.32 Å².